The topological polar surface area (TPSA) is 67.4 Å². The molecule has 23 heavy (non-hydrogen) atoms. The molecule has 1 heterocycles. The van der Waals surface area contributed by atoms with Crippen molar-refractivity contribution in [1.29, 1.82) is 0 Å². The van der Waals surface area contributed by atoms with Crippen LogP contribution in [-0.2, 0) is 10.0 Å². The van der Waals surface area contributed by atoms with Crippen LogP contribution in [0.1, 0.15) is 39.2 Å². The summed E-state index contributed by atoms with van der Waals surface area (Å²) in [4.78, 5) is 0.298. The summed E-state index contributed by atoms with van der Waals surface area (Å²) in [5, 5.41) is 3.32. The molecule has 0 spiro atoms. The molecule has 0 radical (unpaired) electrons. The van der Waals surface area contributed by atoms with Crippen molar-refractivity contribution in [3.63, 3.8) is 0 Å². The first kappa shape index (κ1) is 20.2. The van der Waals surface area contributed by atoms with E-state index in [1.54, 1.807) is 18.2 Å². The highest BCUT2D eigenvalue weighted by atomic mass is 35.5. The number of piperidine rings is 1. The highest BCUT2D eigenvalue weighted by Gasteiger charge is 2.24. The van der Waals surface area contributed by atoms with E-state index in [1.807, 2.05) is 20.8 Å². The summed E-state index contributed by atoms with van der Waals surface area (Å²) in [5.74, 6) is 0.726. The molecule has 0 bridgehead atoms. The summed E-state index contributed by atoms with van der Waals surface area (Å²) in [6.45, 7) is 8.67. The Balaban J connectivity index is 0.00000264. The molecule has 0 aromatic heterocycles. The Morgan fingerprint density at radius 2 is 2.04 bits per heavy atom. The second-order valence-corrected chi connectivity index (χ2v) is 8.01. The quantitative estimate of drug-likeness (QED) is 0.844. The lowest BCUT2D eigenvalue weighted by Gasteiger charge is -2.28. The van der Waals surface area contributed by atoms with Gasteiger partial charge in [-0.25, -0.2) is 13.1 Å². The lowest BCUT2D eigenvalue weighted by Crippen LogP contribution is -2.46. The zero-order chi connectivity index (χ0) is 16.3. The van der Waals surface area contributed by atoms with Crippen LogP contribution in [0.5, 0.6) is 5.75 Å². The molecule has 1 fully saturated rings. The van der Waals surface area contributed by atoms with Gasteiger partial charge >= 0.3 is 0 Å². The first-order valence-electron chi connectivity index (χ1n) is 7.81. The molecule has 2 unspecified atom stereocenters. The number of nitrogens with one attached hydrogen (secondary N) is 2. The number of sulfonamides is 1. The van der Waals surface area contributed by atoms with Gasteiger partial charge in [0.25, 0.3) is 0 Å². The number of halogens is 1. The van der Waals surface area contributed by atoms with Gasteiger partial charge in [0.1, 0.15) is 5.75 Å². The number of benzene rings is 1. The lowest BCUT2D eigenvalue weighted by molar-refractivity contribution is 0.240. The largest absolute Gasteiger partial charge is 0.491 e. The summed E-state index contributed by atoms with van der Waals surface area (Å²) in [6, 6.07) is 5.34. The van der Waals surface area contributed by atoms with E-state index in [2.05, 4.69) is 17.0 Å². The standard InChI is InChI=1S/C16H26N2O3S.ClH/c1-11(2)21-16-6-5-15(9-12(16)3)22(19,20)18-14-7-8-17-13(4)10-14;/h5-6,9,11,13-14,17-18H,7-8,10H2,1-4H3;1H. The summed E-state index contributed by atoms with van der Waals surface area (Å²) in [5.41, 5.74) is 0.829. The number of rotatable bonds is 5. The summed E-state index contributed by atoms with van der Waals surface area (Å²) in [7, 11) is -3.48. The van der Waals surface area contributed by atoms with Gasteiger partial charge in [-0.3, -0.25) is 0 Å². The normalized spacial score (nSPS) is 21.8. The number of ether oxygens (including phenoxy) is 1. The molecule has 1 aromatic rings. The molecule has 1 aliphatic rings. The maximum absolute atomic E-state index is 12.5. The molecule has 1 aromatic carbocycles. The fraction of sp³-hybridized carbons (Fsp3) is 0.625. The van der Waals surface area contributed by atoms with Crippen molar-refractivity contribution >= 4 is 22.4 Å². The van der Waals surface area contributed by atoms with E-state index >= 15 is 0 Å². The Bertz CT molecular complexity index is 620. The van der Waals surface area contributed by atoms with Crippen LogP contribution in [-0.4, -0.2) is 33.2 Å². The third-order valence-electron chi connectivity index (χ3n) is 3.76. The van der Waals surface area contributed by atoms with Crippen LogP contribution in [0.3, 0.4) is 0 Å². The van der Waals surface area contributed by atoms with Crippen LogP contribution in [0, 0.1) is 6.92 Å². The molecule has 1 saturated heterocycles. The molecule has 5 nitrogen and oxygen atoms in total. The Morgan fingerprint density at radius 3 is 2.61 bits per heavy atom. The highest BCUT2D eigenvalue weighted by molar-refractivity contribution is 7.89. The zero-order valence-electron chi connectivity index (χ0n) is 14.1. The fourth-order valence-electron chi connectivity index (χ4n) is 2.70. The molecular weight excluding hydrogens is 336 g/mol. The molecule has 7 heteroatoms. The van der Waals surface area contributed by atoms with E-state index in [4.69, 9.17) is 4.74 Å². The van der Waals surface area contributed by atoms with Gasteiger partial charge in [-0.2, -0.15) is 0 Å². The van der Waals surface area contributed by atoms with Crippen LogP contribution in [0.15, 0.2) is 23.1 Å². The van der Waals surface area contributed by atoms with E-state index in [1.165, 1.54) is 0 Å². The van der Waals surface area contributed by atoms with Crippen molar-refractivity contribution in [2.75, 3.05) is 6.54 Å². The Hall–Kier alpha value is -0.820. The molecular formula is C16H27ClN2O3S. The van der Waals surface area contributed by atoms with Crippen molar-refractivity contribution in [2.45, 2.75) is 63.6 Å². The van der Waals surface area contributed by atoms with E-state index < -0.39 is 10.0 Å². The minimum absolute atomic E-state index is 0. The molecule has 2 N–H and O–H groups in total. The van der Waals surface area contributed by atoms with Gasteiger partial charge in [0.2, 0.25) is 10.0 Å². The van der Waals surface area contributed by atoms with Gasteiger partial charge in [0, 0.05) is 12.1 Å². The summed E-state index contributed by atoms with van der Waals surface area (Å²) < 4.78 is 33.5. The molecule has 0 amide bonds. The SMILES string of the molecule is Cc1cc(S(=O)(=O)NC2CCNC(C)C2)ccc1OC(C)C.Cl. The lowest BCUT2D eigenvalue weighted by atomic mass is 10.0. The molecule has 1 aliphatic heterocycles. The van der Waals surface area contributed by atoms with Gasteiger partial charge in [-0.15, -0.1) is 12.4 Å². The van der Waals surface area contributed by atoms with Gasteiger partial charge in [-0.05, 0) is 70.8 Å². The second-order valence-electron chi connectivity index (χ2n) is 6.29. The monoisotopic (exact) mass is 362 g/mol. The van der Waals surface area contributed by atoms with Crippen LogP contribution in [0.4, 0.5) is 0 Å². The predicted molar refractivity (Wildman–Crippen MR) is 95.0 cm³/mol. The smallest absolute Gasteiger partial charge is 0.240 e. The Kier molecular flexibility index (Phi) is 7.32. The van der Waals surface area contributed by atoms with Crippen molar-refractivity contribution in [2.24, 2.45) is 0 Å². The number of aryl methyl sites for hydroxylation is 1. The third-order valence-corrected chi connectivity index (χ3v) is 5.28. The fourth-order valence-corrected chi connectivity index (χ4v) is 4.07. The van der Waals surface area contributed by atoms with Gasteiger partial charge in [0.05, 0.1) is 11.0 Å². The van der Waals surface area contributed by atoms with Crippen LogP contribution in [0.2, 0.25) is 0 Å². The van der Waals surface area contributed by atoms with Gasteiger partial charge in [0.15, 0.2) is 0 Å². The van der Waals surface area contributed by atoms with Gasteiger partial charge in [-0.1, -0.05) is 0 Å². The minimum Gasteiger partial charge on any atom is -0.491 e. The Labute approximate surface area is 145 Å². The summed E-state index contributed by atoms with van der Waals surface area (Å²) in [6.07, 6.45) is 1.69. The predicted octanol–water partition coefficient (Wildman–Crippen LogP) is 2.62. The summed E-state index contributed by atoms with van der Waals surface area (Å²) >= 11 is 0. The number of hydrogen-bond acceptors (Lipinski definition) is 4. The third kappa shape index (κ3) is 5.64. The maximum atomic E-state index is 12.5. The molecule has 0 aliphatic carbocycles. The average molecular weight is 363 g/mol. The average Bonchev–Trinajstić information content (AvgIpc) is 2.40. The second kappa shape index (κ2) is 8.33. The van der Waals surface area contributed by atoms with Crippen molar-refractivity contribution in [3.05, 3.63) is 23.8 Å². The van der Waals surface area contributed by atoms with Crippen molar-refractivity contribution in [3.8, 4) is 5.75 Å². The van der Waals surface area contributed by atoms with E-state index in [0.29, 0.717) is 10.9 Å². The van der Waals surface area contributed by atoms with Gasteiger partial charge < -0.3 is 10.1 Å². The van der Waals surface area contributed by atoms with Crippen molar-refractivity contribution in [1.82, 2.24) is 10.0 Å². The van der Waals surface area contributed by atoms with E-state index in [-0.39, 0.29) is 24.6 Å². The highest BCUT2D eigenvalue weighted by Crippen LogP contribution is 2.23. The molecule has 2 rings (SSSR count). The Morgan fingerprint density at radius 1 is 1.35 bits per heavy atom. The van der Waals surface area contributed by atoms with Crippen molar-refractivity contribution < 1.29 is 13.2 Å². The van der Waals surface area contributed by atoms with Crippen LogP contribution >= 0.6 is 12.4 Å². The molecule has 2 atom stereocenters. The zero-order valence-corrected chi connectivity index (χ0v) is 15.8. The first-order chi connectivity index (χ1) is 10.3. The molecule has 132 valence electrons. The molecule has 0 saturated carbocycles. The minimum atomic E-state index is -3.48. The number of hydrogen-bond donors (Lipinski definition) is 2. The van der Waals surface area contributed by atoms with Crippen LogP contribution in [0.25, 0.3) is 0 Å². The first-order valence-corrected chi connectivity index (χ1v) is 9.29. The van der Waals surface area contributed by atoms with Crippen LogP contribution < -0.4 is 14.8 Å². The van der Waals surface area contributed by atoms with E-state index in [9.17, 15) is 8.42 Å². The maximum Gasteiger partial charge on any atom is 0.240 e. The van der Waals surface area contributed by atoms with E-state index in [0.717, 1.165) is 30.7 Å².